The van der Waals surface area contributed by atoms with E-state index in [1.54, 1.807) is 12.1 Å². The number of phenols is 1. The molecule has 2 aliphatic rings. The second kappa shape index (κ2) is 5.14. The minimum absolute atomic E-state index is 0.361. The summed E-state index contributed by atoms with van der Waals surface area (Å²) >= 11 is 1.99. The van der Waals surface area contributed by atoms with Crippen molar-refractivity contribution in [3.8, 4) is 5.75 Å². The number of benzene rings is 1. The summed E-state index contributed by atoms with van der Waals surface area (Å²) < 4.78 is 0. The maximum absolute atomic E-state index is 9.31. The molecule has 1 aromatic carbocycles. The lowest BCUT2D eigenvalue weighted by Crippen LogP contribution is -2.50. The molecule has 0 radical (unpaired) electrons. The quantitative estimate of drug-likeness (QED) is 0.883. The SMILES string of the molecule is CN1C2CCCC1CC(Sc1ccc(O)cc1)C2. The molecule has 0 aliphatic carbocycles. The smallest absolute Gasteiger partial charge is 0.115 e. The zero-order chi connectivity index (χ0) is 12.5. The number of phenolic OH excluding ortho intramolecular Hbond substituents is 1. The zero-order valence-electron chi connectivity index (χ0n) is 10.9. The maximum Gasteiger partial charge on any atom is 0.115 e. The van der Waals surface area contributed by atoms with Gasteiger partial charge in [-0.15, -0.1) is 11.8 Å². The Balaban J connectivity index is 1.66. The van der Waals surface area contributed by atoms with Crippen LogP contribution in [-0.2, 0) is 0 Å². The van der Waals surface area contributed by atoms with Crippen molar-refractivity contribution in [1.82, 2.24) is 4.90 Å². The van der Waals surface area contributed by atoms with Gasteiger partial charge in [-0.25, -0.2) is 0 Å². The summed E-state index contributed by atoms with van der Waals surface area (Å²) in [5.41, 5.74) is 0. The van der Waals surface area contributed by atoms with Gasteiger partial charge in [-0.3, -0.25) is 0 Å². The Morgan fingerprint density at radius 2 is 1.72 bits per heavy atom. The lowest BCUT2D eigenvalue weighted by Gasteiger charge is -2.46. The third-order valence-electron chi connectivity index (χ3n) is 4.44. The lowest BCUT2D eigenvalue weighted by molar-refractivity contribution is 0.0706. The topological polar surface area (TPSA) is 23.5 Å². The highest BCUT2D eigenvalue weighted by Gasteiger charge is 2.36. The molecule has 0 spiro atoms. The van der Waals surface area contributed by atoms with Crippen LogP contribution in [-0.4, -0.2) is 34.4 Å². The van der Waals surface area contributed by atoms with Crippen molar-refractivity contribution in [2.45, 2.75) is 54.3 Å². The zero-order valence-corrected chi connectivity index (χ0v) is 11.7. The largest absolute Gasteiger partial charge is 0.508 e. The second-order valence-corrected chi connectivity index (χ2v) is 6.98. The molecular formula is C15H21NOS. The van der Waals surface area contributed by atoms with Gasteiger partial charge in [0.2, 0.25) is 0 Å². The van der Waals surface area contributed by atoms with Crippen molar-refractivity contribution in [2.24, 2.45) is 0 Å². The van der Waals surface area contributed by atoms with Gasteiger partial charge in [0, 0.05) is 22.2 Å². The third-order valence-corrected chi connectivity index (χ3v) is 5.70. The lowest BCUT2D eigenvalue weighted by atomic mass is 9.85. The number of fused-ring (bicyclic) bond motifs is 2. The van der Waals surface area contributed by atoms with E-state index in [9.17, 15) is 5.11 Å². The molecule has 2 nitrogen and oxygen atoms in total. The molecule has 1 N–H and O–H groups in total. The van der Waals surface area contributed by atoms with Crippen molar-refractivity contribution in [2.75, 3.05) is 7.05 Å². The Bertz CT molecular complexity index is 391. The van der Waals surface area contributed by atoms with Crippen LogP contribution in [0.15, 0.2) is 29.2 Å². The predicted octanol–water partition coefficient (Wildman–Crippen LogP) is 3.50. The molecule has 1 aromatic rings. The van der Waals surface area contributed by atoms with Crippen LogP contribution in [0.3, 0.4) is 0 Å². The van der Waals surface area contributed by atoms with Gasteiger partial charge >= 0.3 is 0 Å². The van der Waals surface area contributed by atoms with E-state index in [-0.39, 0.29) is 0 Å². The fourth-order valence-electron chi connectivity index (χ4n) is 3.38. The van der Waals surface area contributed by atoms with Gasteiger partial charge in [0.1, 0.15) is 5.75 Å². The van der Waals surface area contributed by atoms with Gasteiger partial charge in [-0.05, 0) is 57.0 Å². The van der Waals surface area contributed by atoms with Crippen molar-refractivity contribution >= 4 is 11.8 Å². The van der Waals surface area contributed by atoms with Gasteiger partial charge in [0.25, 0.3) is 0 Å². The Hall–Kier alpha value is -0.670. The van der Waals surface area contributed by atoms with E-state index in [1.165, 1.54) is 37.0 Å². The van der Waals surface area contributed by atoms with Crippen LogP contribution < -0.4 is 0 Å². The van der Waals surface area contributed by atoms with Gasteiger partial charge < -0.3 is 10.0 Å². The number of piperidine rings is 2. The summed E-state index contributed by atoms with van der Waals surface area (Å²) in [5.74, 6) is 0.361. The first-order valence-electron chi connectivity index (χ1n) is 6.90. The number of aromatic hydroxyl groups is 1. The Kier molecular flexibility index (Phi) is 3.53. The average Bonchev–Trinajstić information content (AvgIpc) is 2.33. The van der Waals surface area contributed by atoms with Crippen molar-refractivity contribution < 1.29 is 5.11 Å². The Labute approximate surface area is 113 Å². The van der Waals surface area contributed by atoms with E-state index in [0.29, 0.717) is 5.75 Å². The summed E-state index contributed by atoms with van der Waals surface area (Å²) in [4.78, 5) is 3.90. The van der Waals surface area contributed by atoms with Gasteiger partial charge in [-0.2, -0.15) is 0 Å². The van der Waals surface area contributed by atoms with E-state index in [0.717, 1.165) is 17.3 Å². The third kappa shape index (κ3) is 2.52. The van der Waals surface area contributed by atoms with Crippen LogP contribution in [0.4, 0.5) is 0 Å². The van der Waals surface area contributed by atoms with Crippen LogP contribution >= 0.6 is 11.8 Å². The monoisotopic (exact) mass is 263 g/mol. The fraction of sp³-hybridized carbons (Fsp3) is 0.600. The Morgan fingerprint density at radius 1 is 1.11 bits per heavy atom. The summed E-state index contributed by atoms with van der Waals surface area (Å²) in [5, 5.41) is 10.1. The van der Waals surface area contributed by atoms with Crippen molar-refractivity contribution in [1.29, 1.82) is 0 Å². The van der Waals surface area contributed by atoms with Crippen molar-refractivity contribution in [3.05, 3.63) is 24.3 Å². The first kappa shape index (κ1) is 12.4. The highest BCUT2D eigenvalue weighted by molar-refractivity contribution is 8.00. The molecule has 0 aromatic heterocycles. The molecule has 2 bridgehead atoms. The molecule has 2 heterocycles. The van der Waals surface area contributed by atoms with Gasteiger partial charge in [0.15, 0.2) is 0 Å². The molecule has 0 amide bonds. The summed E-state index contributed by atoms with van der Waals surface area (Å²) in [6, 6.07) is 9.25. The highest BCUT2D eigenvalue weighted by atomic mass is 32.2. The number of nitrogens with zero attached hydrogens (tertiary/aromatic N) is 1. The molecule has 2 unspecified atom stereocenters. The first-order chi connectivity index (χ1) is 8.72. The van der Waals surface area contributed by atoms with Gasteiger partial charge in [-0.1, -0.05) is 6.42 Å². The molecule has 2 aliphatic heterocycles. The number of hydrogen-bond donors (Lipinski definition) is 1. The molecule has 2 fully saturated rings. The highest BCUT2D eigenvalue weighted by Crippen LogP contribution is 2.40. The van der Waals surface area contributed by atoms with Crippen LogP contribution in [0.2, 0.25) is 0 Å². The van der Waals surface area contributed by atoms with E-state index in [2.05, 4.69) is 11.9 Å². The summed E-state index contributed by atoms with van der Waals surface area (Å²) in [7, 11) is 2.30. The molecule has 18 heavy (non-hydrogen) atoms. The number of rotatable bonds is 2. The number of hydrogen-bond acceptors (Lipinski definition) is 3. The minimum atomic E-state index is 0.361. The van der Waals surface area contributed by atoms with E-state index in [4.69, 9.17) is 0 Å². The fourth-order valence-corrected chi connectivity index (χ4v) is 4.69. The van der Waals surface area contributed by atoms with Crippen LogP contribution in [0.25, 0.3) is 0 Å². The number of thioether (sulfide) groups is 1. The van der Waals surface area contributed by atoms with Crippen LogP contribution in [0.5, 0.6) is 5.75 Å². The van der Waals surface area contributed by atoms with Gasteiger partial charge in [0.05, 0.1) is 0 Å². The van der Waals surface area contributed by atoms with Crippen LogP contribution in [0, 0.1) is 0 Å². The van der Waals surface area contributed by atoms with E-state index in [1.807, 2.05) is 23.9 Å². The first-order valence-corrected chi connectivity index (χ1v) is 7.78. The standard InChI is InChI=1S/C15H21NOS/c1-16-11-3-2-4-12(16)10-15(9-11)18-14-7-5-13(17)6-8-14/h5-8,11-12,15,17H,2-4,9-10H2,1H3. The maximum atomic E-state index is 9.31. The van der Waals surface area contributed by atoms with Crippen molar-refractivity contribution in [3.63, 3.8) is 0 Å². The average molecular weight is 263 g/mol. The molecule has 98 valence electrons. The molecule has 3 heteroatoms. The molecule has 2 saturated heterocycles. The molecule has 3 rings (SSSR count). The second-order valence-electron chi connectivity index (χ2n) is 5.61. The van der Waals surface area contributed by atoms with E-state index < -0.39 is 0 Å². The van der Waals surface area contributed by atoms with Crippen LogP contribution in [0.1, 0.15) is 32.1 Å². The molecular weight excluding hydrogens is 242 g/mol. The Morgan fingerprint density at radius 3 is 2.33 bits per heavy atom. The minimum Gasteiger partial charge on any atom is -0.508 e. The summed E-state index contributed by atoms with van der Waals surface area (Å²) in [6.07, 6.45) is 6.80. The predicted molar refractivity (Wildman–Crippen MR) is 76.2 cm³/mol. The molecule has 0 saturated carbocycles. The molecule has 2 atom stereocenters. The van der Waals surface area contributed by atoms with E-state index >= 15 is 0 Å². The normalized spacial score (nSPS) is 32.4. The summed E-state index contributed by atoms with van der Waals surface area (Å²) in [6.45, 7) is 0.